The number of amides is 1. The van der Waals surface area contributed by atoms with Crippen molar-refractivity contribution < 1.29 is 22.7 Å². The lowest BCUT2D eigenvalue weighted by Crippen LogP contribution is -2.42. The van der Waals surface area contributed by atoms with Crippen LogP contribution in [0.15, 0.2) is 46.3 Å². The topological polar surface area (TPSA) is 90.2 Å². The highest BCUT2D eigenvalue weighted by Crippen LogP contribution is 2.33. The predicted octanol–water partition coefficient (Wildman–Crippen LogP) is 3.19. The summed E-state index contributed by atoms with van der Waals surface area (Å²) in [5.41, 5.74) is 1.76. The van der Waals surface area contributed by atoms with E-state index in [1.807, 2.05) is 19.1 Å². The maximum atomic E-state index is 13.2. The van der Waals surface area contributed by atoms with Crippen LogP contribution >= 0.6 is 11.3 Å². The summed E-state index contributed by atoms with van der Waals surface area (Å²) in [6.45, 7) is 2.60. The number of sulfonamides is 1. The van der Waals surface area contributed by atoms with Gasteiger partial charge in [-0.05, 0) is 31.9 Å². The molecule has 1 atom stereocenters. The second-order valence-corrected chi connectivity index (χ2v) is 11.3. The molecule has 0 radical (unpaired) electrons. The number of hydrogen-bond donors (Lipinski definition) is 0. The molecule has 35 heavy (non-hydrogen) atoms. The zero-order valence-electron chi connectivity index (χ0n) is 19.9. The molecule has 1 amide bonds. The normalized spacial score (nSPS) is 17.3. The van der Waals surface area contributed by atoms with Gasteiger partial charge in [-0.3, -0.25) is 4.79 Å². The second kappa shape index (κ2) is 10.2. The van der Waals surface area contributed by atoms with Gasteiger partial charge >= 0.3 is 0 Å². The lowest BCUT2D eigenvalue weighted by Gasteiger charge is -2.30. The summed E-state index contributed by atoms with van der Waals surface area (Å²) in [7, 11) is -0.580. The van der Waals surface area contributed by atoms with E-state index < -0.39 is 15.9 Å². The first-order valence-electron chi connectivity index (χ1n) is 11.1. The number of terminal acetylenes is 1. The molecule has 0 N–H and O–H groups in total. The van der Waals surface area contributed by atoms with E-state index in [2.05, 4.69) is 10.9 Å². The number of carbonyl (C=O) groups excluding carboxylic acids is 1. The van der Waals surface area contributed by atoms with Gasteiger partial charge in [-0.25, -0.2) is 8.42 Å². The molecule has 10 heteroatoms. The van der Waals surface area contributed by atoms with Gasteiger partial charge in [0, 0.05) is 25.2 Å². The highest BCUT2D eigenvalue weighted by molar-refractivity contribution is 7.89. The van der Waals surface area contributed by atoms with Crippen LogP contribution in [0.25, 0.3) is 10.2 Å². The highest BCUT2D eigenvalue weighted by atomic mass is 32.2. The molecule has 184 valence electrons. The van der Waals surface area contributed by atoms with Crippen LogP contribution in [-0.2, 0) is 21.4 Å². The van der Waals surface area contributed by atoms with Gasteiger partial charge in [-0.2, -0.15) is 9.30 Å². The maximum absolute atomic E-state index is 13.2. The van der Waals surface area contributed by atoms with Crippen molar-refractivity contribution in [3.05, 3.63) is 46.8 Å². The van der Waals surface area contributed by atoms with Crippen LogP contribution in [0, 0.1) is 25.2 Å². The monoisotopic (exact) mass is 513 g/mol. The molecule has 2 aromatic carbocycles. The average molecular weight is 514 g/mol. The standard InChI is InChI=1S/C25H27N3O5S2/c1-5-12-28-20-14-21(32-3)22(33-4)15-23(20)34-25(28)26-24(29)18-7-6-13-27(16-18)35(30,31)19-10-8-17(2)9-11-19/h1,8-11,14-15,18H,6-7,12-13,16H2,2-4H3. The van der Waals surface area contributed by atoms with E-state index in [9.17, 15) is 13.2 Å². The Labute approximate surface area is 208 Å². The van der Waals surface area contributed by atoms with Gasteiger partial charge < -0.3 is 14.0 Å². The van der Waals surface area contributed by atoms with E-state index in [1.54, 1.807) is 43.1 Å². The Bertz CT molecular complexity index is 1460. The van der Waals surface area contributed by atoms with Crippen molar-refractivity contribution >= 4 is 37.5 Å². The number of aromatic nitrogens is 1. The number of thiazole rings is 1. The van der Waals surface area contributed by atoms with E-state index in [4.69, 9.17) is 15.9 Å². The van der Waals surface area contributed by atoms with Gasteiger partial charge in [0.15, 0.2) is 16.3 Å². The third kappa shape index (κ3) is 4.98. The molecule has 1 fully saturated rings. The lowest BCUT2D eigenvalue weighted by atomic mass is 9.99. The number of carbonyl (C=O) groups is 1. The van der Waals surface area contributed by atoms with Crippen molar-refractivity contribution in [3.8, 4) is 23.8 Å². The van der Waals surface area contributed by atoms with Crippen LogP contribution < -0.4 is 14.3 Å². The Morgan fingerprint density at radius 3 is 2.54 bits per heavy atom. The minimum Gasteiger partial charge on any atom is -0.493 e. The van der Waals surface area contributed by atoms with Crippen molar-refractivity contribution in [3.63, 3.8) is 0 Å². The van der Waals surface area contributed by atoms with Crippen LogP contribution in [0.2, 0.25) is 0 Å². The molecular weight excluding hydrogens is 486 g/mol. The molecule has 0 spiro atoms. The molecule has 1 aliphatic rings. The molecule has 1 aromatic heterocycles. The Kier molecular flexibility index (Phi) is 7.31. The smallest absolute Gasteiger partial charge is 0.252 e. The van der Waals surface area contributed by atoms with Gasteiger partial charge in [0.25, 0.3) is 5.91 Å². The van der Waals surface area contributed by atoms with Crippen molar-refractivity contribution in [2.45, 2.75) is 31.2 Å². The summed E-state index contributed by atoms with van der Waals surface area (Å²) in [5.74, 6) is 2.84. The third-order valence-electron chi connectivity index (χ3n) is 6.04. The molecular formula is C25H27N3O5S2. The SMILES string of the molecule is C#CCn1c(=NC(=O)C2CCCN(S(=O)(=O)c3ccc(C)cc3)C2)sc2cc(OC)c(OC)cc21. The molecule has 1 saturated heterocycles. The molecule has 0 aliphatic carbocycles. The quantitative estimate of drug-likeness (QED) is 0.472. The van der Waals surface area contributed by atoms with E-state index in [0.29, 0.717) is 35.7 Å². The fourth-order valence-electron chi connectivity index (χ4n) is 4.13. The zero-order valence-corrected chi connectivity index (χ0v) is 21.5. The fourth-order valence-corrected chi connectivity index (χ4v) is 6.70. The van der Waals surface area contributed by atoms with Crippen LogP contribution in [0.5, 0.6) is 11.5 Å². The number of benzene rings is 2. The van der Waals surface area contributed by atoms with Crippen molar-refractivity contribution in [2.24, 2.45) is 10.9 Å². The Morgan fingerprint density at radius 1 is 1.20 bits per heavy atom. The Hall–Kier alpha value is -3.13. The first kappa shape index (κ1) is 25.0. The minimum atomic E-state index is -3.69. The first-order valence-corrected chi connectivity index (χ1v) is 13.4. The van der Waals surface area contributed by atoms with Gasteiger partial charge in [-0.1, -0.05) is 35.0 Å². The van der Waals surface area contributed by atoms with E-state index in [0.717, 1.165) is 15.8 Å². The van der Waals surface area contributed by atoms with E-state index in [-0.39, 0.29) is 23.9 Å². The van der Waals surface area contributed by atoms with Crippen molar-refractivity contribution in [1.82, 2.24) is 8.87 Å². The predicted molar refractivity (Wildman–Crippen MR) is 135 cm³/mol. The maximum Gasteiger partial charge on any atom is 0.252 e. The number of rotatable bonds is 6. The molecule has 2 heterocycles. The first-order chi connectivity index (χ1) is 16.8. The number of ether oxygens (including phenoxy) is 2. The molecule has 1 aliphatic heterocycles. The highest BCUT2D eigenvalue weighted by Gasteiger charge is 2.33. The summed E-state index contributed by atoms with van der Waals surface area (Å²) in [4.78, 5) is 18.3. The van der Waals surface area contributed by atoms with Crippen LogP contribution in [-0.4, -0.2) is 50.5 Å². The molecule has 1 unspecified atom stereocenters. The number of piperidine rings is 1. The molecule has 8 nitrogen and oxygen atoms in total. The third-order valence-corrected chi connectivity index (χ3v) is 8.96. The van der Waals surface area contributed by atoms with E-state index >= 15 is 0 Å². The van der Waals surface area contributed by atoms with Crippen molar-refractivity contribution in [2.75, 3.05) is 27.3 Å². The molecule has 4 rings (SSSR count). The van der Waals surface area contributed by atoms with Gasteiger partial charge in [0.05, 0.1) is 41.8 Å². The van der Waals surface area contributed by atoms with Crippen LogP contribution in [0.4, 0.5) is 0 Å². The molecule has 3 aromatic rings. The van der Waals surface area contributed by atoms with Crippen LogP contribution in [0.3, 0.4) is 0 Å². The van der Waals surface area contributed by atoms with Gasteiger partial charge in [0.2, 0.25) is 10.0 Å². The minimum absolute atomic E-state index is 0.0974. The number of aryl methyl sites for hydroxylation is 1. The Morgan fingerprint density at radius 2 is 1.89 bits per heavy atom. The van der Waals surface area contributed by atoms with E-state index in [1.165, 1.54) is 15.6 Å². The summed E-state index contributed by atoms with van der Waals surface area (Å²) < 4.78 is 41.1. The van der Waals surface area contributed by atoms with Crippen LogP contribution in [0.1, 0.15) is 18.4 Å². The summed E-state index contributed by atoms with van der Waals surface area (Å²) >= 11 is 1.32. The number of hydrogen-bond acceptors (Lipinski definition) is 6. The molecule has 0 saturated carbocycles. The Balaban J connectivity index is 1.66. The zero-order chi connectivity index (χ0) is 25.2. The molecule has 0 bridgehead atoms. The fraction of sp³-hybridized carbons (Fsp3) is 0.360. The number of nitrogens with zero attached hydrogens (tertiary/aromatic N) is 3. The number of fused-ring (bicyclic) bond motifs is 1. The summed E-state index contributed by atoms with van der Waals surface area (Å²) in [5, 5.41) is 0. The average Bonchev–Trinajstić information content (AvgIpc) is 3.19. The van der Waals surface area contributed by atoms with Gasteiger partial charge in [-0.15, -0.1) is 6.42 Å². The van der Waals surface area contributed by atoms with Gasteiger partial charge in [0.1, 0.15) is 0 Å². The summed E-state index contributed by atoms with van der Waals surface area (Å²) in [6.07, 6.45) is 6.75. The summed E-state index contributed by atoms with van der Waals surface area (Å²) in [6, 6.07) is 10.4. The largest absolute Gasteiger partial charge is 0.493 e. The second-order valence-electron chi connectivity index (χ2n) is 8.32. The lowest BCUT2D eigenvalue weighted by molar-refractivity contribution is -0.122. The number of methoxy groups -OCH3 is 2. The van der Waals surface area contributed by atoms with Crippen molar-refractivity contribution in [1.29, 1.82) is 0 Å².